The number of ether oxygens (including phenoxy) is 2. The summed E-state index contributed by atoms with van der Waals surface area (Å²) in [6.45, 7) is 6.73. The monoisotopic (exact) mass is 342 g/mol. The van der Waals surface area contributed by atoms with Gasteiger partial charge in [0, 0.05) is 18.7 Å². The van der Waals surface area contributed by atoms with E-state index in [1.165, 1.54) is 0 Å². The third-order valence-electron chi connectivity index (χ3n) is 3.95. The van der Waals surface area contributed by atoms with Gasteiger partial charge in [-0.25, -0.2) is 9.78 Å². The molecule has 0 aliphatic heterocycles. The Morgan fingerprint density at radius 2 is 2.04 bits per heavy atom. The van der Waals surface area contributed by atoms with Gasteiger partial charge in [0.1, 0.15) is 6.10 Å². The van der Waals surface area contributed by atoms with Gasteiger partial charge in [-0.2, -0.15) is 0 Å². The topological polar surface area (TPSA) is 80.7 Å². The second-order valence-electron chi connectivity index (χ2n) is 6.73. The summed E-state index contributed by atoms with van der Waals surface area (Å²) < 4.78 is 11.1. The molecule has 1 fully saturated rings. The molecule has 0 bridgehead atoms. The number of aryl methyl sites for hydroxylation is 1. The molecule has 0 unspecified atom stereocenters. The fourth-order valence-corrected chi connectivity index (χ4v) is 3.75. The number of nitrogens with zero attached hydrogens (tertiary/aromatic N) is 1. The second kappa shape index (κ2) is 7.59. The van der Waals surface area contributed by atoms with Gasteiger partial charge in [-0.05, 0) is 46.5 Å². The Balaban J connectivity index is 1.87. The van der Waals surface area contributed by atoms with Crippen molar-refractivity contribution in [3.63, 3.8) is 0 Å². The zero-order valence-corrected chi connectivity index (χ0v) is 15.0. The molecule has 2 rings (SSSR count). The molecule has 1 aliphatic rings. The summed E-state index contributed by atoms with van der Waals surface area (Å²) in [6.07, 6.45) is 3.84. The van der Waals surface area contributed by atoms with Gasteiger partial charge in [-0.3, -0.25) is 0 Å². The van der Waals surface area contributed by atoms with Crippen molar-refractivity contribution in [1.82, 2.24) is 10.3 Å². The first-order chi connectivity index (χ1) is 10.8. The Kier molecular flexibility index (Phi) is 6.00. The molecule has 0 amide bonds. The van der Waals surface area contributed by atoms with E-state index in [0.29, 0.717) is 17.7 Å². The normalized spacial score (nSPS) is 22.1. The number of carboxylic acids is 1. The molecule has 0 aromatic carbocycles. The van der Waals surface area contributed by atoms with Crippen LogP contribution >= 0.6 is 11.3 Å². The van der Waals surface area contributed by atoms with Crippen LogP contribution in [0.2, 0.25) is 0 Å². The zero-order chi connectivity index (χ0) is 17.0. The van der Waals surface area contributed by atoms with Crippen LogP contribution in [0.4, 0.5) is 0 Å². The van der Waals surface area contributed by atoms with E-state index in [1.807, 2.05) is 0 Å². The first-order valence-electron chi connectivity index (χ1n) is 7.95. The van der Waals surface area contributed by atoms with E-state index < -0.39 is 5.97 Å². The van der Waals surface area contributed by atoms with Crippen LogP contribution in [0.3, 0.4) is 0 Å². The maximum absolute atomic E-state index is 11.2. The van der Waals surface area contributed by atoms with E-state index in [1.54, 1.807) is 14.0 Å². The molecular weight excluding hydrogens is 316 g/mol. The summed E-state index contributed by atoms with van der Waals surface area (Å²) in [5.74, 6) is -0.696. The number of nitrogens with one attached hydrogen (secondary N) is 1. The molecule has 1 heterocycles. The molecule has 0 radical (unpaired) electrons. The van der Waals surface area contributed by atoms with Crippen molar-refractivity contribution in [1.29, 1.82) is 0 Å². The summed E-state index contributed by atoms with van der Waals surface area (Å²) in [5, 5.41) is 13.5. The van der Waals surface area contributed by atoms with Crippen LogP contribution in [0.5, 0.6) is 5.88 Å². The van der Waals surface area contributed by atoms with Crippen LogP contribution in [0.1, 0.15) is 54.2 Å². The Labute approximate surface area is 141 Å². The van der Waals surface area contributed by atoms with Gasteiger partial charge in [0.2, 0.25) is 5.88 Å². The molecule has 0 spiro atoms. The van der Waals surface area contributed by atoms with Gasteiger partial charge in [-0.15, -0.1) is 11.3 Å². The Hall–Kier alpha value is -1.18. The van der Waals surface area contributed by atoms with Crippen LogP contribution in [0, 0.1) is 6.92 Å². The molecule has 23 heavy (non-hydrogen) atoms. The van der Waals surface area contributed by atoms with Gasteiger partial charge in [0.25, 0.3) is 0 Å². The summed E-state index contributed by atoms with van der Waals surface area (Å²) in [6, 6.07) is 0.441. The van der Waals surface area contributed by atoms with Gasteiger partial charge in [0.15, 0.2) is 4.88 Å². The highest BCUT2D eigenvalue weighted by Gasteiger charge is 2.29. The lowest BCUT2D eigenvalue weighted by molar-refractivity contribution is 0.0685. The smallest absolute Gasteiger partial charge is 0.351 e. The summed E-state index contributed by atoms with van der Waals surface area (Å²) in [5.41, 5.74) is -0.0460. The van der Waals surface area contributed by atoms with Crippen LogP contribution in [0.25, 0.3) is 0 Å². The lowest BCUT2D eigenvalue weighted by atomic mass is 9.91. The van der Waals surface area contributed by atoms with Gasteiger partial charge >= 0.3 is 5.97 Å². The predicted molar refractivity (Wildman–Crippen MR) is 89.6 cm³/mol. The molecule has 1 aromatic rings. The van der Waals surface area contributed by atoms with Gasteiger partial charge in [-0.1, -0.05) is 0 Å². The third-order valence-corrected chi connectivity index (χ3v) is 4.89. The average molecular weight is 342 g/mol. The van der Waals surface area contributed by atoms with Crippen molar-refractivity contribution >= 4 is 17.3 Å². The van der Waals surface area contributed by atoms with Crippen molar-refractivity contribution in [2.75, 3.05) is 13.7 Å². The fraction of sp³-hybridized carbons (Fsp3) is 0.750. The number of hydrogen-bond acceptors (Lipinski definition) is 6. The van der Waals surface area contributed by atoms with Crippen molar-refractivity contribution < 1.29 is 19.4 Å². The largest absolute Gasteiger partial charge is 0.477 e. The van der Waals surface area contributed by atoms with Crippen molar-refractivity contribution in [3.8, 4) is 5.88 Å². The highest BCUT2D eigenvalue weighted by molar-refractivity contribution is 7.13. The maximum Gasteiger partial charge on any atom is 0.351 e. The van der Waals surface area contributed by atoms with E-state index >= 15 is 0 Å². The Bertz CT molecular complexity index is 536. The minimum absolute atomic E-state index is 0.0400. The van der Waals surface area contributed by atoms with E-state index in [2.05, 4.69) is 24.1 Å². The number of hydrogen-bond donors (Lipinski definition) is 2. The number of thiazole rings is 1. The third kappa shape index (κ3) is 5.16. The quantitative estimate of drug-likeness (QED) is 0.793. The Morgan fingerprint density at radius 3 is 2.61 bits per heavy atom. The SMILES string of the molecule is COCC(C)(C)NC1CCC(Oc2nc(C)sc2C(=O)O)CC1. The molecule has 130 valence electrons. The summed E-state index contributed by atoms with van der Waals surface area (Å²) in [7, 11) is 1.71. The zero-order valence-electron chi connectivity index (χ0n) is 14.2. The lowest BCUT2D eigenvalue weighted by Crippen LogP contribution is -2.50. The molecule has 0 atom stereocenters. The second-order valence-corrected chi connectivity index (χ2v) is 7.93. The Morgan fingerprint density at radius 1 is 1.39 bits per heavy atom. The first-order valence-corrected chi connectivity index (χ1v) is 8.76. The van der Waals surface area contributed by atoms with Crippen LogP contribution < -0.4 is 10.1 Å². The molecular formula is C16H26N2O4S. The number of carboxylic acid groups (broad SMARTS) is 1. The average Bonchev–Trinajstić information content (AvgIpc) is 2.81. The van der Waals surface area contributed by atoms with Crippen LogP contribution in [0.15, 0.2) is 0 Å². The van der Waals surface area contributed by atoms with E-state index in [0.717, 1.165) is 37.0 Å². The van der Waals surface area contributed by atoms with Crippen molar-refractivity contribution in [2.45, 2.75) is 64.1 Å². The molecule has 1 aliphatic carbocycles. The first kappa shape index (κ1) is 18.2. The summed E-state index contributed by atoms with van der Waals surface area (Å²) >= 11 is 1.16. The highest BCUT2D eigenvalue weighted by atomic mass is 32.1. The number of methoxy groups -OCH3 is 1. The molecule has 7 heteroatoms. The van der Waals surface area contributed by atoms with Crippen LogP contribution in [-0.2, 0) is 4.74 Å². The van der Waals surface area contributed by atoms with E-state index in [4.69, 9.17) is 9.47 Å². The molecule has 2 N–H and O–H groups in total. The molecule has 1 aromatic heterocycles. The molecule has 6 nitrogen and oxygen atoms in total. The number of aromatic nitrogens is 1. The fourth-order valence-electron chi connectivity index (χ4n) is 3.06. The van der Waals surface area contributed by atoms with Gasteiger partial charge in [0.05, 0.1) is 11.6 Å². The lowest BCUT2D eigenvalue weighted by Gasteiger charge is -2.35. The molecule has 1 saturated carbocycles. The highest BCUT2D eigenvalue weighted by Crippen LogP contribution is 2.29. The number of carbonyl (C=O) groups is 1. The van der Waals surface area contributed by atoms with E-state index in [-0.39, 0.29) is 22.4 Å². The van der Waals surface area contributed by atoms with Crippen LogP contribution in [-0.4, -0.2) is 47.5 Å². The minimum atomic E-state index is -0.970. The van der Waals surface area contributed by atoms with E-state index in [9.17, 15) is 9.90 Å². The maximum atomic E-state index is 11.2. The van der Waals surface area contributed by atoms with Gasteiger partial charge < -0.3 is 19.9 Å². The minimum Gasteiger partial charge on any atom is -0.477 e. The summed E-state index contributed by atoms with van der Waals surface area (Å²) in [4.78, 5) is 15.6. The number of aromatic carboxylic acids is 1. The molecule has 0 saturated heterocycles. The standard InChI is InChI=1S/C16H26N2O4S/c1-10-17-14(13(23-10)15(19)20)22-12-7-5-11(6-8-12)18-16(2,3)9-21-4/h11-12,18H,5-9H2,1-4H3,(H,19,20). The predicted octanol–water partition coefficient (Wildman–Crippen LogP) is 2.85. The number of rotatable bonds is 7. The van der Waals surface area contributed by atoms with Crippen molar-refractivity contribution in [2.24, 2.45) is 0 Å². The van der Waals surface area contributed by atoms with Crippen molar-refractivity contribution in [3.05, 3.63) is 9.88 Å².